The van der Waals surface area contributed by atoms with Gasteiger partial charge in [-0.3, -0.25) is 4.79 Å². The molecule has 1 amide bonds. The van der Waals surface area contributed by atoms with E-state index in [0.717, 1.165) is 24.4 Å². The van der Waals surface area contributed by atoms with Crippen LogP contribution in [-0.2, 0) is 24.4 Å². The molecule has 1 fully saturated rings. The van der Waals surface area contributed by atoms with Crippen molar-refractivity contribution in [2.45, 2.75) is 38.9 Å². The van der Waals surface area contributed by atoms with Crippen molar-refractivity contribution < 1.29 is 4.79 Å². The van der Waals surface area contributed by atoms with Crippen molar-refractivity contribution in [2.75, 3.05) is 6.54 Å². The number of carbonyl (C=O) groups is 1. The van der Waals surface area contributed by atoms with Crippen LogP contribution in [0.1, 0.15) is 30.7 Å². The van der Waals surface area contributed by atoms with Crippen molar-refractivity contribution in [3.63, 3.8) is 0 Å². The third-order valence-corrected chi connectivity index (χ3v) is 4.66. The van der Waals surface area contributed by atoms with Crippen LogP contribution in [0.25, 0.3) is 0 Å². The Morgan fingerprint density at radius 1 is 1.26 bits per heavy atom. The fourth-order valence-electron chi connectivity index (χ4n) is 3.10. The molecule has 23 heavy (non-hydrogen) atoms. The Morgan fingerprint density at radius 2 is 2.04 bits per heavy atom. The summed E-state index contributed by atoms with van der Waals surface area (Å²) in [5.41, 5.74) is 1.20. The van der Waals surface area contributed by atoms with Gasteiger partial charge in [0.1, 0.15) is 18.1 Å². The lowest BCUT2D eigenvalue weighted by molar-refractivity contribution is -0.135. The van der Waals surface area contributed by atoms with Crippen molar-refractivity contribution in [3.8, 4) is 6.07 Å². The summed E-state index contributed by atoms with van der Waals surface area (Å²) in [5.74, 6) is -0.0232. The number of fused-ring (bicyclic) bond motifs is 1. The van der Waals surface area contributed by atoms with E-state index in [4.69, 9.17) is 0 Å². The number of nitriles is 1. The molecule has 8 heteroatoms. The standard InChI is InChI=1S/C15H17N7O/c16-8-15(2-3-15)14(23)21-4-1-5-22-9-17-12(13(22)7-21)6-20-10-18-19-11-20/h9-11H,1-7H2. The maximum atomic E-state index is 12.7. The van der Waals surface area contributed by atoms with Gasteiger partial charge >= 0.3 is 0 Å². The van der Waals surface area contributed by atoms with Crippen LogP contribution in [-0.4, -0.2) is 41.7 Å². The van der Waals surface area contributed by atoms with Gasteiger partial charge in [0.2, 0.25) is 5.91 Å². The SMILES string of the molecule is N#CC1(C(=O)N2CCCn3cnc(Cn4cnnc4)c3C2)CC1. The second-order valence-electron chi connectivity index (χ2n) is 6.24. The van der Waals surface area contributed by atoms with Crippen molar-refractivity contribution in [2.24, 2.45) is 5.41 Å². The predicted octanol–water partition coefficient (Wildman–Crippen LogP) is 0.559. The Hall–Kier alpha value is -2.69. The molecule has 8 nitrogen and oxygen atoms in total. The molecule has 2 aromatic rings. The molecule has 0 saturated heterocycles. The molecule has 118 valence electrons. The molecule has 1 aliphatic carbocycles. The van der Waals surface area contributed by atoms with Gasteiger partial charge in [-0.25, -0.2) is 4.98 Å². The maximum absolute atomic E-state index is 12.7. The molecule has 1 saturated carbocycles. The van der Waals surface area contributed by atoms with Crippen LogP contribution in [0.3, 0.4) is 0 Å². The van der Waals surface area contributed by atoms with E-state index in [1.54, 1.807) is 12.7 Å². The number of imidazole rings is 1. The lowest BCUT2D eigenvalue weighted by Gasteiger charge is -2.23. The first-order chi connectivity index (χ1) is 11.2. The van der Waals surface area contributed by atoms with E-state index in [-0.39, 0.29) is 5.91 Å². The third kappa shape index (κ3) is 2.38. The van der Waals surface area contributed by atoms with E-state index >= 15 is 0 Å². The molecule has 0 atom stereocenters. The summed E-state index contributed by atoms with van der Waals surface area (Å²) < 4.78 is 3.97. The van der Waals surface area contributed by atoms with Gasteiger partial charge in [-0.05, 0) is 19.3 Å². The highest BCUT2D eigenvalue weighted by Crippen LogP contribution is 2.46. The highest BCUT2D eigenvalue weighted by Gasteiger charge is 2.52. The Kier molecular flexibility index (Phi) is 3.15. The summed E-state index contributed by atoms with van der Waals surface area (Å²) in [6.45, 7) is 2.63. The van der Waals surface area contributed by atoms with Gasteiger partial charge in [0.25, 0.3) is 0 Å². The first kappa shape index (κ1) is 13.9. The molecule has 4 rings (SSSR count). The predicted molar refractivity (Wildman–Crippen MR) is 78.7 cm³/mol. The number of aromatic nitrogens is 5. The smallest absolute Gasteiger partial charge is 0.243 e. The lowest BCUT2D eigenvalue weighted by atomic mass is 10.1. The van der Waals surface area contributed by atoms with E-state index in [1.165, 1.54) is 0 Å². The van der Waals surface area contributed by atoms with Gasteiger partial charge in [0.15, 0.2) is 0 Å². The first-order valence-corrected chi connectivity index (χ1v) is 7.78. The first-order valence-electron chi connectivity index (χ1n) is 7.78. The van der Waals surface area contributed by atoms with Gasteiger partial charge < -0.3 is 14.0 Å². The fourth-order valence-corrected chi connectivity index (χ4v) is 3.10. The normalized spacial score (nSPS) is 18.8. The quantitative estimate of drug-likeness (QED) is 0.825. The zero-order valence-electron chi connectivity index (χ0n) is 12.7. The number of nitrogens with zero attached hydrogens (tertiary/aromatic N) is 7. The monoisotopic (exact) mass is 311 g/mol. The molecule has 0 N–H and O–H groups in total. The molecular formula is C15H17N7O. The molecule has 2 aliphatic rings. The van der Waals surface area contributed by atoms with Crippen LogP contribution in [0, 0.1) is 16.7 Å². The number of hydrogen-bond acceptors (Lipinski definition) is 5. The molecule has 0 unspecified atom stereocenters. The molecule has 0 spiro atoms. The minimum atomic E-state index is -0.760. The van der Waals surface area contributed by atoms with Crippen molar-refractivity contribution in [1.29, 1.82) is 5.26 Å². The number of aryl methyl sites for hydroxylation is 1. The van der Waals surface area contributed by atoms with Crippen LogP contribution in [0.5, 0.6) is 0 Å². The van der Waals surface area contributed by atoms with E-state index in [9.17, 15) is 10.1 Å². The summed E-state index contributed by atoms with van der Waals surface area (Å²) >= 11 is 0. The van der Waals surface area contributed by atoms with E-state index in [1.807, 2.05) is 15.8 Å². The van der Waals surface area contributed by atoms with Crippen LogP contribution in [0.2, 0.25) is 0 Å². The van der Waals surface area contributed by atoms with Gasteiger partial charge in [0, 0.05) is 13.1 Å². The highest BCUT2D eigenvalue weighted by molar-refractivity contribution is 5.88. The van der Waals surface area contributed by atoms with Crippen LogP contribution in [0.15, 0.2) is 19.0 Å². The average molecular weight is 311 g/mol. The van der Waals surface area contributed by atoms with Gasteiger partial charge in [-0.15, -0.1) is 10.2 Å². The Bertz CT molecular complexity index is 766. The van der Waals surface area contributed by atoms with Crippen molar-refractivity contribution in [3.05, 3.63) is 30.4 Å². The summed E-state index contributed by atoms with van der Waals surface area (Å²) in [5, 5.41) is 16.9. The van der Waals surface area contributed by atoms with Gasteiger partial charge in [-0.1, -0.05) is 0 Å². The summed E-state index contributed by atoms with van der Waals surface area (Å²) in [6, 6.07) is 2.20. The molecule has 3 heterocycles. The number of carbonyl (C=O) groups excluding carboxylic acids is 1. The lowest BCUT2D eigenvalue weighted by Crippen LogP contribution is -2.36. The van der Waals surface area contributed by atoms with Crippen LogP contribution in [0.4, 0.5) is 0 Å². The van der Waals surface area contributed by atoms with Crippen LogP contribution < -0.4 is 0 Å². The molecule has 0 radical (unpaired) electrons. The van der Waals surface area contributed by atoms with Gasteiger partial charge in [-0.2, -0.15) is 5.26 Å². The second kappa shape index (κ2) is 5.19. The zero-order valence-corrected chi connectivity index (χ0v) is 12.7. The third-order valence-electron chi connectivity index (χ3n) is 4.66. The second-order valence-corrected chi connectivity index (χ2v) is 6.24. The Morgan fingerprint density at radius 3 is 2.74 bits per heavy atom. The van der Waals surface area contributed by atoms with E-state index in [0.29, 0.717) is 32.5 Å². The van der Waals surface area contributed by atoms with E-state index in [2.05, 4.69) is 25.8 Å². The highest BCUT2D eigenvalue weighted by atomic mass is 16.2. The number of hydrogen-bond donors (Lipinski definition) is 0. The number of rotatable bonds is 3. The average Bonchev–Trinajstić information content (AvgIpc) is 3.14. The van der Waals surface area contributed by atoms with E-state index < -0.39 is 5.41 Å². The minimum absolute atomic E-state index is 0.0232. The number of amides is 1. The minimum Gasteiger partial charge on any atom is -0.335 e. The fraction of sp³-hybridized carbons (Fsp3) is 0.533. The summed E-state index contributed by atoms with van der Waals surface area (Å²) in [7, 11) is 0. The van der Waals surface area contributed by atoms with Crippen molar-refractivity contribution in [1.82, 2.24) is 29.2 Å². The summed E-state index contributed by atoms with van der Waals surface area (Å²) in [6.07, 6.45) is 7.39. The Balaban J connectivity index is 1.59. The molecule has 1 aliphatic heterocycles. The van der Waals surface area contributed by atoms with Crippen LogP contribution >= 0.6 is 0 Å². The maximum Gasteiger partial charge on any atom is 0.243 e. The summed E-state index contributed by atoms with van der Waals surface area (Å²) in [4.78, 5) is 19.0. The van der Waals surface area contributed by atoms with Crippen molar-refractivity contribution >= 4 is 5.91 Å². The largest absolute Gasteiger partial charge is 0.335 e. The van der Waals surface area contributed by atoms with Gasteiger partial charge in [0.05, 0.1) is 36.9 Å². The molecule has 0 aromatic carbocycles. The topological polar surface area (TPSA) is 92.6 Å². The Labute approximate surface area is 133 Å². The molecule has 0 bridgehead atoms. The zero-order chi connectivity index (χ0) is 15.9. The molecule has 2 aromatic heterocycles. The molecular weight excluding hydrogens is 294 g/mol.